The Kier molecular flexibility index (Phi) is 5.08. The third-order valence-electron chi connectivity index (χ3n) is 2.60. The molecule has 0 unspecified atom stereocenters. The van der Waals surface area contributed by atoms with Gasteiger partial charge in [0.15, 0.2) is 5.16 Å². The minimum Gasteiger partial charge on any atom is -0.271 e. The van der Waals surface area contributed by atoms with Crippen LogP contribution in [0.25, 0.3) is 0 Å². The highest BCUT2D eigenvalue weighted by Crippen LogP contribution is 2.15. The van der Waals surface area contributed by atoms with E-state index in [1.54, 1.807) is 30.6 Å². The van der Waals surface area contributed by atoms with Crippen LogP contribution >= 0.6 is 11.8 Å². The second-order valence-corrected chi connectivity index (χ2v) is 7.62. The number of hydrogen-bond acceptors (Lipinski definition) is 5. The van der Waals surface area contributed by atoms with Crippen molar-refractivity contribution in [2.45, 2.75) is 17.0 Å². The van der Waals surface area contributed by atoms with Gasteiger partial charge in [-0.3, -0.25) is 4.79 Å². The maximum atomic E-state index is 12.5. The van der Waals surface area contributed by atoms with Crippen LogP contribution in [0.5, 0.6) is 0 Å². The fraction of sp³-hybridized carbons (Fsp3) is 0.214. The number of benzene rings is 1. The molecule has 1 atom stereocenters. The molecule has 2 rings (SSSR count). The summed E-state index contributed by atoms with van der Waals surface area (Å²) in [6, 6.07) is 8.88. The molecule has 0 aliphatic carbocycles. The fourth-order valence-electron chi connectivity index (χ4n) is 1.55. The van der Waals surface area contributed by atoms with Crippen molar-refractivity contribution in [3.8, 4) is 0 Å². The van der Waals surface area contributed by atoms with E-state index >= 15 is 0 Å². The molecule has 0 radical (unpaired) electrons. The molecule has 0 bridgehead atoms. The molecular weight excluding hydrogens is 306 g/mol. The molecule has 1 aromatic heterocycles. The predicted octanol–water partition coefficient (Wildman–Crippen LogP) is 2.56. The Hall–Kier alpha value is -1.73. The van der Waals surface area contributed by atoms with Crippen molar-refractivity contribution < 1.29 is 9.00 Å². The highest BCUT2D eigenvalue weighted by atomic mass is 32.2. The first kappa shape index (κ1) is 15.7. The maximum absolute atomic E-state index is 12.5. The Morgan fingerprint density at radius 2 is 1.86 bits per heavy atom. The van der Waals surface area contributed by atoms with Crippen LogP contribution in [0.15, 0.2) is 57.1 Å². The van der Waals surface area contributed by atoms with Crippen molar-refractivity contribution in [1.29, 1.82) is 0 Å². The molecule has 5 nitrogen and oxygen atoms in total. The molecule has 1 heterocycles. The van der Waals surface area contributed by atoms with E-state index in [-0.39, 0.29) is 5.75 Å². The largest absolute Gasteiger partial charge is 0.271 e. The third-order valence-corrected chi connectivity index (χ3v) is 5.16. The summed E-state index contributed by atoms with van der Waals surface area (Å²) in [7, 11) is -2.71. The van der Waals surface area contributed by atoms with E-state index in [9.17, 15) is 9.00 Å². The average Bonchev–Trinajstić information content (AvgIpc) is 2.46. The van der Waals surface area contributed by atoms with Crippen LogP contribution in [-0.4, -0.2) is 32.1 Å². The molecule has 0 saturated heterocycles. The van der Waals surface area contributed by atoms with Crippen molar-refractivity contribution in [3.63, 3.8) is 0 Å². The summed E-state index contributed by atoms with van der Waals surface area (Å²) in [6.07, 6.45) is 4.68. The number of aryl methyl sites for hydroxylation is 1. The molecule has 110 valence electrons. The third kappa shape index (κ3) is 4.64. The van der Waals surface area contributed by atoms with Crippen LogP contribution in [-0.2, 0) is 14.5 Å². The smallest absolute Gasteiger partial charge is 0.264 e. The first-order valence-corrected chi connectivity index (χ1v) is 9.10. The normalized spacial score (nSPS) is 13.4. The number of carbonyl (C=O) groups is 1. The standard InChI is InChI=1S/C14H15N3O2S2/c1-11-4-6-12(7-5-11)21(2,19)17-13(18)10-20-14-15-8-3-9-16-14/h3-9H,10H2,1-2H3/t21-/m0/s1. The molecule has 0 saturated carbocycles. The van der Waals surface area contributed by atoms with Crippen LogP contribution in [0.1, 0.15) is 5.56 Å². The topological polar surface area (TPSA) is 72.3 Å². The Bertz CT molecular complexity index is 737. The van der Waals surface area contributed by atoms with Gasteiger partial charge >= 0.3 is 0 Å². The second kappa shape index (κ2) is 6.82. The number of nitrogens with zero attached hydrogens (tertiary/aromatic N) is 3. The number of aromatic nitrogens is 2. The molecule has 2 aromatic rings. The zero-order chi connectivity index (χ0) is 15.3. The summed E-state index contributed by atoms with van der Waals surface area (Å²) in [6.45, 7) is 1.94. The molecule has 0 aliphatic heterocycles. The lowest BCUT2D eigenvalue weighted by atomic mass is 10.2. The first-order chi connectivity index (χ1) is 9.97. The van der Waals surface area contributed by atoms with Crippen LogP contribution in [0.4, 0.5) is 0 Å². The zero-order valence-electron chi connectivity index (χ0n) is 11.7. The molecule has 0 aliphatic rings. The summed E-state index contributed by atoms with van der Waals surface area (Å²) in [5, 5.41) is 0.499. The monoisotopic (exact) mass is 321 g/mol. The Labute approximate surface area is 128 Å². The quantitative estimate of drug-likeness (QED) is 0.639. The van der Waals surface area contributed by atoms with E-state index in [4.69, 9.17) is 0 Å². The molecule has 0 N–H and O–H groups in total. The molecule has 21 heavy (non-hydrogen) atoms. The lowest BCUT2D eigenvalue weighted by Gasteiger charge is -2.04. The first-order valence-electron chi connectivity index (χ1n) is 6.19. The van der Waals surface area contributed by atoms with Gasteiger partial charge in [0.25, 0.3) is 5.91 Å². The molecule has 0 spiro atoms. The predicted molar refractivity (Wildman–Crippen MR) is 83.7 cm³/mol. The summed E-state index contributed by atoms with van der Waals surface area (Å²) in [5.41, 5.74) is 1.07. The fourth-order valence-corrected chi connectivity index (χ4v) is 3.42. The van der Waals surface area contributed by atoms with Crippen molar-refractivity contribution in [2.75, 3.05) is 12.0 Å². The number of hydrogen-bond donors (Lipinski definition) is 0. The summed E-state index contributed by atoms with van der Waals surface area (Å²) < 4.78 is 16.3. The van der Waals surface area contributed by atoms with Crippen molar-refractivity contribution in [1.82, 2.24) is 9.97 Å². The number of carbonyl (C=O) groups excluding carboxylic acids is 1. The van der Waals surface area contributed by atoms with Gasteiger partial charge in [-0.1, -0.05) is 29.5 Å². The Morgan fingerprint density at radius 1 is 1.24 bits per heavy atom. The van der Waals surface area contributed by atoms with Gasteiger partial charge in [0.2, 0.25) is 0 Å². The molecular formula is C14H15N3O2S2. The van der Waals surface area contributed by atoms with Crippen LogP contribution in [0, 0.1) is 6.92 Å². The van der Waals surface area contributed by atoms with E-state index in [0.29, 0.717) is 10.1 Å². The lowest BCUT2D eigenvalue weighted by Crippen LogP contribution is -2.05. The molecule has 1 amide bonds. The molecule has 1 aromatic carbocycles. The summed E-state index contributed by atoms with van der Waals surface area (Å²) in [5.74, 6) is -0.360. The minimum atomic E-state index is -2.71. The van der Waals surface area contributed by atoms with Crippen LogP contribution < -0.4 is 0 Å². The van der Waals surface area contributed by atoms with Gasteiger partial charge in [0.1, 0.15) is 0 Å². The van der Waals surface area contributed by atoms with Gasteiger partial charge in [0, 0.05) is 23.5 Å². The van der Waals surface area contributed by atoms with Gasteiger partial charge < -0.3 is 0 Å². The average molecular weight is 321 g/mol. The van der Waals surface area contributed by atoms with Crippen LogP contribution in [0.2, 0.25) is 0 Å². The highest BCUT2D eigenvalue weighted by Gasteiger charge is 2.10. The lowest BCUT2D eigenvalue weighted by molar-refractivity contribution is -0.115. The van der Waals surface area contributed by atoms with E-state index < -0.39 is 15.6 Å². The van der Waals surface area contributed by atoms with Gasteiger partial charge in [-0.05, 0) is 25.1 Å². The van der Waals surface area contributed by atoms with E-state index in [1.165, 1.54) is 18.0 Å². The molecule has 7 heteroatoms. The number of rotatable bonds is 4. The van der Waals surface area contributed by atoms with Gasteiger partial charge in [-0.15, -0.1) is 0 Å². The second-order valence-electron chi connectivity index (χ2n) is 4.42. The minimum absolute atomic E-state index is 0.0701. The van der Waals surface area contributed by atoms with Crippen molar-refractivity contribution in [2.24, 2.45) is 4.36 Å². The summed E-state index contributed by atoms with van der Waals surface area (Å²) >= 11 is 1.18. The van der Waals surface area contributed by atoms with E-state index in [1.807, 2.05) is 19.1 Å². The van der Waals surface area contributed by atoms with Crippen molar-refractivity contribution >= 4 is 27.4 Å². The number of thioether (sulfide) groups is 1. The van der Waals surface area contributed by atoms with E-state index in [2.05, 4.69) is 14.3 Å². The van der Waals surface area contributed by atoms with Gasteiger partial charge in [-0.2, -0.15) is 4.36 Å². The van der Waals surface area contributed by atoms with Gasteiger partial charge in [0.05, 0.1) is 15.5 Å². The zero-order valence-corrected chi connectivity index (χ0v) is 13.4. The summed E-state index contributed by atoms with van der Waals surface area (Å²) in [4.78, 5) is 20.4. The van der Waals surface area contributed by atoms with E-state index in [0.717, 1.165) is 5.56 Å². The number of amides is 1. The molecule has 0 fully saturated rings. The SMILES string of the molecule is Cc1ccc([S@](C)(=O)=NC(=O)CSc2ncccn2)cc1. The Balaban J connectivity index is 2.08. The van der Waals surface area contributed by atoms with Crippen LogP contribution in [0.3, 0.4) is 0 Å². The maximum Gasteiger partial charge on any atom is 0.264 e. The van der Waals surface area contributed by atoms with Gasteiger partial charge in [-0.25, -0.2) is 14.2 Å². The Morgan fingerprint density at radius 3 is 2.48 bits per heavy atom. The highest BCUT2D eigenvalue weighted by molar-refractivity contribution is 8.00. The van der Waals surface area contributed by atoms with Crippen molar-refractivity contribution in [3.05, 3.63) is 48.3 Å².